The fraction of sp³-hybridized carbons (Fsp3) is 0.250. The van der Waals surface area contributed by atoms with E-state index in [1.807, 2.05) is 24.3 Å². The van der Waals surface area contributed by atoms with Gasteiger partial charge >= 0.3 is 0 Å². The number of allylic oxidation sites excluding steroid dienone is 4. The first-order valence-electron chi connectivity index (χ1n) is 6.94. The molecule has 1 unspecified atom stereocenters. The van der Waals surface area contributed by atoms with Crippen molar-refractivity contribution in [1.82, 2.24) is 5.01 Å². The van der Waals surface area contributed by atoms with E-state index in [4.69, 9.17) is 22.7 Å². The first-order chi connectivity index (χ1) is 10.1. The van der Waals surface area contributed by atoms with Crippen LogP contribution in [0.15, 0.2) is 53.7 Å². The fourth-order valence-electron chi connectivity index (χ4n) is 2.80. The molecule has 0 amide bonds. The second-order valence-electron chi connectivity index (χ2n) is 5.28. The Kier molecular flexibility index (Phi) is 3.80. The van der Waals surface area contributed by atoms with E-state index in [1.165, 1.54) is 0 Å². The highest BCUT2D eigenvalue weighted by atomic mass is 35.5. The molecule has 1 aliphatic heterocycles. The molecule has 0 saturated heterocycles. The van der Waals surface area contributed by atoms with Crippen molar-refractivity contribution in [3.05, 3.63) is 59.2 Å². The maximum absolute atomic E-state index is 7.63. The molecule has 4 nitrogen and oxygen atoms in total. The van der Waals surface area contributed by atoms with E-state index in [0.717, 1.165) is 17.7 Å². The van der Waals surface area contributed by atoms with Crippen molar-refractivity contribution in [1.29, 1.82) is 5.41 Å². The smallest absolute Gasteiger partial charge is 0.209 e. The third-order valence-corrected chi connectivity index (χ3v) is 4.15. The zero-order chi connectivity index (χ0) is 14.8. The average Bonchev–Trinajstić information content (AvgIpc) is 2.94. The first kappa shape index (κ1) is 13.9. The van der Waals surface area contributed by atoms with E-state index in [9.17, 15) is 0 Å². The van der Waals surface area contributed by atoms with E-state index < -0.39 is 0 Å². The van der Waals surface area contributed by atoms with Crippen molar-refractivity contribution in [2.24, 2.45) is 22.7 Å². The van der Waals surface area contributed by atoms with Gasteiger partial charge in [-0.1, -0.05) is 48.0 Å². The molecule has 0 spiro atoms. The zero-order valence-electron chi connectivity index (χ0n) is 11.5. The minimum atomic E-state index is -0.0145. The molecule has 0 saturated carbocycles. The standard InChI is InChI=1S/C16H17ClN4/c17-13-8-6-12(7-9-13)15-14(10-21(20-15)16(18)19)11-4-2-1-3-5-11/h1-4,6-9,11,14H,5,10H2,(H3,18,19)/t11?,14-/m1/s1. The van der Waals surface area contributed by atoms with Crippen LogP contribution in [0.3, 0.4) is 0 Å². The zero-order valence-corrected chi connectivity index (χ0v) is 12.3. The summed E-state index contributed by atoms with van der Waals surface area (Å²) in [5.74, 6) is 0.601. The Morgan fingerprint density at radius 3 is 2.67 bits per heavy atom. The predicted octanol–water partition coefficient (Wildman–Crippen LogP) is 3.00. The lowest BCUT2D eigenvalue weighted by Crippen LogP contribution is -2.33. The Bertz CT molecular complexity index is 630. The van der Waals surface area contributed by atoms with Crippen molar-refractivity contribution in [3.8, 4) is 0 Å². The Labute approximate surface area is 129 Å². The van der Waals surface area contributed by atoms with Crippen LogP contribution in [0.25, 0.3) is 0 Å². The fourth-order valence-corrected chi connectivity index (χ4v) is 2.92. The van der Waals surface area contributed by atoms with Gasteiger partial charge in [-0.05, 0) is 30.0 Å². The van der Waals surface area contributed by atoms with Crippen molar-refractivity contribution in [3.63, 3.8) is 0 Å². The summed E-state index contributed by atoms with van der Waals surface area (Å²) < 4.78 is 0. The number of benzene rings is 1. The predicted molar refractivity (Wildman–Crippen MR) is 86.5 cm³/mol. The van der Waals surface area contributed by atoms with Crippen LogP contribution in [0.5, 0.6) is 0 Å². The minimum Gasteiger partial charge on any atom is -0.369 e. The molecule has 3 N–H and O–H groups in total. The first-order valence-corrected chi connectivity index (χ1v) is 7.32. The SMILES string of the molecule is N=C(N)N1C[C@H](C2C=CC=CC2)C(c2ccc(Cl)cc2)=N1. The van der Waals surface area contributed by atoms with E-state index >= 15 is 0 Å². The van der Waals surface area contributed by atoms with Crippen LogP contribution in [-0.2, 0) is 0 Å². The van der Waals surface area contributed by atoms with E-state index in [1.54, 1.807) is 5.01 Å². The third-order valence-electron chi connectivity index (χ3n) is 3.90. The lowest BCUT2D eigenvalue weighted by molar-refractivity contribution is 0.392. The van der Waals surface area contributed by atoms with E-state index in [-0.39, 0.29) is 11.9 Å². The molecule has 2 aliphatic rings. The number of hydrazone groups is 1. The van der Waals surface area contributed by atoms with Gasteiger partial charge in [0.2, 0.25) is 5.96 Å². The topological polar surface area (TPSA) is 65.5 Å². The lowest BCUT2D eigenvalue weighted by Gasteiger charge is -2.22. The second-order valence-corrected chi connectivity index (χ2v) is 5.72. The summed E-state index contributed by atoms with van der Waals surface area (Å²) >= 11 is 5.96. The van der Waals surface area contributed by atoms with Gasteiger partial charge < -0.3 is 5.73 Å². The molecular weight excluding hydrogens is 284 g/mol. The van der Waals surface area contributed by atoms with Crippen molar-refractivity contribution in [2.75, 3.05) is 6.54 Å². The normalized spacial score (nSPS) is 24.2. The highest BCUT2D eigenvalue weighted by Gasteiger charge is 2.33. The van der Waals surface area contributed by atoms with Gasteiger partial charge in [-0.25, -0.2) is 5.01 Å². The molecule has 1 aliphatic carbocycles. The molecule has 5 heteroatoms. The van der Waals surface area contributed by atoms with E-state index in [0.29, 0.717) is 17.5 Å². The van der Waals surface area contributed by atoms with Gasteiger partial charge in [0, 0.05) is 10.9 Å². The van der Waals surface area contributed by atoms with Gasteiger partial charge in [-0.15, -0.1) is 0 Å². The Morgan fingerprint density at radius 1 is 1.29 bits per heavy atom. The highest BCUT2D eigenvalue weighted by Crippen LogP contribution is 2.30. The van der Waals surface area contributed by atoms with Crippen LogP contribution in [-0.4, -0.2) is 23.2 Å². The Morgan fingerprint density at radius 2 is 2.05 bits per heavy atom. The summed E-state index contributed by atoms with van der Waals surface area (Å²) in [5.41, 5.74) is 7.62. The van der Waals surface area contributed by atoms with E-state index in [2.05, 4.69) is 29.4 Å². The van der Waals surface area contributed by atoms with Gasteiger partial charge in [0.1, 0.15) is 0 Å². The Balaban J connectivity index is 1.93. The maximum atomic E-state index is 7.63. The molecule has 2 atom stereocenters. The van der Waals surface area contributed by atoms with Crippen LogP contribution < -0.4 is 5.73 Å². The number of hydrogen-bond acceptors (Lipinski definition) is 2. The summed E-state index contributed by atoms with van der Waals surface area (Å²) in [5, 5.41) is 14.4. The molecule has 21 heavy (non-hydrogen) atoms. The number of nitrogens with two attached hydrogens (primary N) is 1. The van der Waals surface area contributed by atoms with Gasteiger partial charge in [0.15, 0.2) is 0 Å². The summed E-state index contributed by atoms with van der Waals surface area (Å²) in [6, 6.07) is 7.67. The molecule has 1 aromatic rings. The summed E-state index contributed by atoms with van der Waals surface area (Å²) in [4.78, 5) is 0. The third kappa shape index (κ3) is 2.85. The molecule has 0 fully saturated rings. The minimum absolute atomic E-state index is 0.0145. The number of guanidine groups is 1. The van der Waals surface area contributed by atoms with Crippen LogP contribution in [0.2, 0.25) is 5.02 Å². The Hall–Kier alpha value is -2.07. The second kappa shape index (κ2) is 5.74. The molecule has 0 aromatic heterocycles. The van der Waals surface area contributed by atoms with Crippen LogP contribution in [0.4, 0.5) is 0 Å². The van der Waals surface area contributed by atoms with Gasteiger partial charge in [0.25, 0.3) is 0 Å². The number of hydrogen-bond donors (Lipinski definition) is 2. The average molecular weight is 301 g/mol. The van der Waals surface area contributed by atoms with Crippen LogP contribution >= 0.6 is 11.6 Å². The lowest BCUT2D eigenvalue weighted by atomic mass is 9.82. The molecule has 0 bridgehead atoms. The highest BCUT2D eigenvalue weighted by molar-refractivity contribution is 6.30. The monoisotopic (exact) mass is 300 g/mol. The molecule has 108 valence electrons. The molecule has 1 heterocycles. The summed E-state index contributed by atoms with van der Waals surface area (Å²) in [6.07, 6.45) is 9.50. The van der Waals surface area contributed by atoms with Crippen LogP contribution in [0.1, 0.15) is 12.0 Å². The number of halogens is 1. The number of nitrogens with zero attached hydrogens (tertiary/aromatic N) is 2. The molecular formula is C16H17ClN4. The maximum Gasteiger partial charge on any atom is 0.209 e. The van der Waals surface area contributed by atoms with Crippen molar-refractivity contribution < 1.29 is 0 Å². The van der Waals surface area contributed by atoms with Gasteiger partial charge in [-0.3, -0.25) is 5.41 Å². The molecule has 0 radical (unpaired) electrons. The summed E-state index contributed by atoms with van der Waals surface area (Å²) in [7, 11) is 0. The molecule has 1 aromatic carbocycles. The number of rotatable bonds is 2. The van der Waals surface area contributed by atoms with Gasteiger partial charge in [-0.2, -0.15) is 5.10 Å². The quantitative estimate of drug-likeness (QED) is 0.651. The van der Waals surface area contributed by atoms with Crippen molar-refractivity contribution >= 4 is 23.3 Å². The summed E-state index contributed by atoms with van der Waals surface area (Å²) in [6.45, 7) is 0.649. The molecule has 3 rings (SSSR count). The van der Waals surface area contributed by atoms with Crippen molar-refractivity contribution in [2.45, 2.75) is 6.42 Å². The number of nitrogens with one attached hydrogen (secondary N) is 1. The largest absolute Gasteiger partial charge is 0.369 e. The van der Waals surface area contributed by atoms with Crippen LogP contribution in [0, 0.1) is 17.2 Å². The van der Waals surface area contributed by atoms with Gasteiger partial charge in [0.05, 0.1) is 12.3 Å².